The van der Waals surface area contributed by atoms with Crippen molar-refractivity contribution in [1.82, 2.24) is 0 Å². The quantitative estimate of drug-likeness (QED) is 0.437. The fourth-order valence-electron chi connectivity index (χ4n) is 0.898. The zero-order valence-electron chi connectivity index (χ0n) is 8.52. The molecule has 0 heterocycles. The van der Waals surface area contributed by atoms with E-state index in [-0.39, 0.29) is 5.60 Å². The zero-order valence-corrected chi connectivity index (χ0v) is 8.52. The number of hydrogen-bond donors (Lipinski definition) is 0. The van der Waals surface area contributed by atoms with E-state index in [1.807, 2.05) is 13.8 Å². The molecule has 0 radical (unpaired) electrons. The Labute approximate surface area is 76.5 Å². The molecule has 0 aliphatic heterocycles. The normalized spacial score (nSPS) is 11.2. The molecule has 0 aromatic rings. The first-order chi connectivity index (χ1) is 5.62. The molecule has 1 nitrogen and oxygen atoms in total. The summed E-state index contributed by atoms with van der Waals surface area (Å²) in [6.07, 6.45) is 10.2. The fourth-order valence-corrected chi connectivity index (χ4v) is 0.898. The highest BCUT2D eigenvalue weighted by atomic mass is 16.5. The van der Waals surface area contributed by atoms with E-state index in [0.29, 0.717) is 0 Å². The van der Waals surface area contributed by atoms with Gasteiger partial charge in [-0.3, -0.25) is 0 Å². The second-order valence-electron chi connectivity index (χ2n) is 3.56. The molecule has 0 aromatic carbocycles. The lowest BCUT2D eigenvalue weighted by Gasteiger charge is -2.18. The standard InChI is InChI=1S/C11H20O/c1-5-7-8-9-10-12-11(3,4)6-2/h2H,5,7-10H2,1,3-4H3. The van der Waals surface area contributed by atoms with Crippen molar-refractivity contribution in [2.24, 2.45) is 0 Å². The summed E-state index contributed by atoms with van der Waals surface area (Å²) in [7, 11) is 0. The van der Waals surface area contributed by atoms with Crippen LogP contribution in [0.2, 0.25) is 0 Å². The summed E-state index contributed by atoms with van der Waals surface area (Å²) in [6.45, 7) is 6.84. The summed E-state index contributed by atoms with van der Waals surface area (Å²) in [5, 5.41) is 0. The van der Waals surface area contributed by atoms with Gasteiger partial charge < -0.3 is 4.74 Å². The molecule has 0 fully saturated rings. The monoisotopic (exact) mass is 168 g/mol. The second kappa shape index (κ2) is 6.08. The van der Waals surface area contributed by atoms with Crippen LogP contribution in [0.4, 0.5) is 0 Å². The number of rotatable bonds is 6. The van der Waals surface area contributed by atoms with Crippen LogP contribution in [0.1, 0.15) is 46.5 Å². The molecule has 0 atom stereocenters. The molecular weight excluding hydrogens is 148 g/mol. The average Bonchev–Trinajstić information content (AvgIpc) is 2.04. The largest absolute Gasteiger partial charge is 0.363 e. The average molecular weight is 168 g/mol. The Morgan fingerprint density at radius 1 is 1.25 bits per heavy atom. The van der Waals surface area contributed by atoms with E-state index in [4.69, 9.17) is 11.2 Å². The predicted octanol–water partition coefficient (Wildman–Crippen LogP) is 3.00. The molecule has 0 aliphatic carbocycles. The first-order valence-corrected chi connectivity index (χ1v) is 4.74. The number of hydrogen-bond acceptors (Lipinski definition) is 1. The molecular formula is C11H20O. The molecule has 70 valence electrons. The molecule has 1 heteroatoms. The van der Waals surface area contributed by atoms with E-state index in [0.717, 1.165) is 13.0 Å². The van der Waals surface area contributed by atoms with Crippen molar-refractivity contribution in [2.75, 3.05) is 6.61 Å². The summed E-state index contributed by atoms with van der Waals surface area (Å²) < 4.78 is 5.49. The van der Waals surface area contributed by atoms with Crippen molar-refractivity contribution in [3.8, 4) is 12.3 Å². The smallest absolute Gasteiger partial charge is 0.122 e. The van der Waals surface area contributed by atoms with Crippen LogP contribution in [0.3, 0.4) is 0 Å². The molecule has 0 aromatic heterocycles. The van der Waals surface area contributed by atoms with E-state index in [9.17, 15) is 0 Å². The van der Waals surface area contributed by atoms with Gasteiger partial charge in [-0.2, -0.15) is 0 Å². The van der Waals surface area contributed by atoms with Crippen LogP contribution in [0, 0.1) is 12.3 Å². The summed E-state index contributed by atoms with van der Waals surface area (Å²) in [5.74, 6) is 2.61. The molecule has 0 bridgehead atoms. The molecule has 0 unspecified atom stereocenters. The molecule has 0 rings (SSSR count). The third-order valence-electron chi connectivity index (χ3n) is 1.81. The Kier molecular flexibility index (Phi) is 5.84. The van der Waals surface area contributed by atoms with Gasteiger partial charge in [-0.25, -0.2) is 0 Å². The van der Waals surface area contributed by atoms with Crippen LogP contribution in [0.15, 0.2) is 0 Å². The van der Waals surface area contributed by atoms with E-state index >= 15 is 0 Å². The highest BCUT2D eigenvalue weighted by Crippen LogP contribution is 2.08. The van der Waals surface area contributed by atoms with Gasteiger partial charge in [0.25, 0.3) is 0 Å². The van der Waals surface area contributed by atoms with Gasteiger partial charge in [-0.05, 0) is 20.3 Å². The maximum atomic E-state index is 5.49. The fraction of sp³-hybridized carbons (Fsp3) is 0.818. The summed E-state index contributed by atoms with van der Waals surface area (Å²) >= 11 is 0. The molecule has 0 saturated heterocycles. The minimum atomic E-state index is -0.383. The van der Waals surface area contributed by atoms with E-state index in [2.05, 4.69) is 12.8 Å². The Bertz CT molecular complexity index is 142. The molecule has 0 N–H and O–H groups in total. The van der Waals surface area contributed by atoms with Crippen molar-refractivity contribution in [2.45, 2.75) is 52.1 Å². The molecule has 0 saturated carbocycles. The number of ether oxygens (including phenoxy) is 1. The van der Waals surface area contributed by atoms with Crippen molar-refractivity contribution < 1.29 is 4.74 Å². The maximum Gasteiger partial charge on any atom is 0.122 e. The van der Waals surface area contributed by atoms with Gasteiger partial charge in [0.05, 0.1) is 0 Å². The zero-order chi connectivity index (χ0) is 9.45. The Balaban J connectivity index is 3.27. The first-order valence-electron chi connectivity index (χ1n) is 4.74. The van der Waals surface area contributed by atoms with Crippen LogP contribution in [0.25, 0.3) is 0 Å². The van der Waals surface area contributed by atoms with Crippen LogP contribution in [0.5, 0.6) is 0 Å². The molecule has 0 aliphatic rings. The Morgan fingerprint density at radius 3 is 2.42 bits per heavy atom. The lowest BCUT2D eigenvalue weighted by molar-refractivity contribution is 0.0248. The maximum absolute atomic E-state index is 5.49. The van der Waals surface area contributed by atoms with Gasteiger partial charge in [-0.1, -0.05) is 32.1 Å². The number of terminal acetylenes is 1. The minimum Gasteiger partial charge on any atom is -0.363 e. The first kappa shape index (κ1) is 11.5. The lowest BCUT2D eigenvalue weighted by atomic mass is 10.1. The van der Waals surface area contributed by atoms with Gasteiger partial charge >= 0.3 is 0 Å². The van der Waals surface area contributed by atoms with Crippen LogP contribution in [-0.4, -0.2) is 12.2 Å². The summed E-state index contributed by atoms with van der Waals surface area (Å²) in [4.78, 5) is 0. The van der Waals surface area contributed by atoms with E-state index < -0.39 is 0 Å². The summed E-state index contributed by atoms with van der Waals surface area (Å²) in [6, 6.07) is 0. The topological polar surface area (TPSA) is 9.23 Å². The van der Waals surface area contributed by atoms with Gasteiger partial charge in [0.1, 0.15) is 5.60 Å². The van der Waals surface area contributed by atoms with Crippen molar-refractivity contribution in [3.63, 3.8) is 0 Å². The van der Waals surface area contributed by atoms with Gasteiger partial charge in [0.15, 0.2) is 0 Å². The summed E-state index contributed by atoms with van der Waals surface area (Å²) in [5.41, 5.74) is -0.383. The van der Waals surface area contributed by atoms with Crippen LogP contribution in [-0.2, 0) is 4.74 Å². The van der Waals surface area contributed by atoms with Gasteiger partial charge in [0.2, 0.25) is 0 Å². The van der Waals surface area contributed by atoms with E-state index in [1.165, 1.54) is 19.3 Å². The molecule has 0 spiro atoms. The Hall–Kier alpha value is -0.480. The number of unbranched alkanes of at least 4 members (excludes halogenated alkanes) is 3. The van der Waals surface area contributed by atoms with Gasteiger partial charge in [0, 0.05) is 6.61 Å². The van der Waals surface area contributed by atoms with Crippen LogP contribution < -0.4 is 0 Å². The van der Waals surface area contributed by atoms with Crippen molar-refractivity contribution in [1.29, 1.82) is 0 Å². The Morgan fingerprint density at radius 2 is 1.92 bits per heavy atom. The third kappa shape index (κ3) is 6.24. The third-order valence-corrected chi connectivity index (χ3v) is 1.81. The second-order valence-corrected chi connectivity index (χ2v) is 3.56. The molecule has 0 amide bonds. The van der Waals surface area contributed by atoms with Crippen molar-refractivity contribution >= 4 is 0 Å². The van der Waals surface area contributed by atoms with Crippen LogP contribution >= 0.6 is 0 Å². The SMILES string of the molecule is C#CC(C)(C)OCCCCCC. The van der Waals surface area contributed by atoms with Gasteiger partial charge in [-0.15, -0.1) is 6.42 Å². The van der Waals surface area contributed by atoms with Crippen molar-refractivity contribution in [3.05, 3.63) is 0 Å². The molecule has 12 heavy (non-hydrogen) atoms. The highest BCUT2D eigenvalue weighted by molar-refractivity contribution is 5.02. The van der Waals surface area contributed by atoms with E-state index in [1.54, 1.807) is 0 Å². The minimum absolute atomic E-state index is 0.383. The predicted molar refractivity (Wildman–Crippen MR) is 53.0 cm³/mol. The lowest BCUT2D eigenvalue weighted by Crippen LogP contribution is -2.22. The highest BCUT2D eigenvalue weighted by Gasteiger charge is 2.12.